The Bertz CT molecular complexity index is 171. The van der Waals surface area contributed by atoms with Gasteiger partial charge < -0.3 is 11.1 Å². The van der Waals surface area contributed by atoms with Crippen LogP contribution in [0.25, 0.3) is 0 Å². The van der Waals surface area contributed by atoms with E-state index in [4.69, 9.17) is 5.73 Å². The Kier molecular flexibility index (Phi) is 6.54. The van der Waals surface area contributed by atoms with Crippen molar-refractivity contribution in [3.63, 3.8) is 0 Å². The van der Waals surface area contributed by atoms with Crippen molar-refractivity contribution in [1.82, 2.24) is 5.32 Å². The quantitative estimate of drug-likeness (QED) is 0.685. The zero-order chi connectivity index (χ0) is 11.1. The maximum Gasteiger partial charge on any atom is 0.237 e. The largest absolute Gasteiger partial charge is 0.352 e. The molecule has 0 aromatic rings. The Morgan fingerprint density at radius 2 is 1.86 bits per heavy atom. The molecule has 0 radical (unpaired) electrons. The van der Waals surface area contributed by atoms with Crippen LogP contribution in [-0.4, -0.2) is 18.0 Å². The number of nitrogens with two attached hydrogens (primary N) is 1. The third-order valence-corrected chi connectivity index (χ3v) is 2.62. The predicted molar refractivity (Wildman–Crippen MR) is 59.9 cm³/mol. The van der Waals surface area contributed by atoms with Crippen molar-refractivity contribution in [1.29, 1.82) is 0 Å². The Hall–Kier alpha value is -0.570. The van der Waals surface area contributed by atoms with Crippen LogP contribution in [0, 0.1) is 5.92 Å². The first-order chi connectivity index (χ1) is 6.51. The molecule has 14 heavy (non-hydrogen) atoms. The third-order valence-electron chi connectivity index (χ3n) is 2.62. The van der Waals surface area contributed by atoms with Gasteiger partial charge in [0, 0.05) is 6.04 Å². The molecule has 0 aromatic carbocycles. The lowest BCUT2D eigenvalue weighted by atomic mass is 10.00. The number of carbonyl (C=O) groups is 1. The molecule has 0 saturated carbocycles. The minimum atomic E-state index is -0.352. The van der Waals surface area contributed by atoms with E-state index >= 15 is 0 Å². The molecule has 0 rings (SSSR count). The van der Waals surface area contributed by atoms with Crippen LogP contribution in [0.2, 0.25) is 0 Å². The summed E-state index contributed by atoms with van der Waals surface area (Å²) in [5.41, 5.74) is 5.62. The summed E-state index contributed by atoms with van der Waals surface area (Å²) in [5.74, 6) is 0.631. The predicted octanol–water partition coefficient (Wildman–Crippen LogP) is 1.66. The monoisotopic (exact) mass is 200 g/mol. The van der Waals surface area contributed by atoms with Gasteiger partial charge >= 0.3 is 0 Å². The van der Waals surface area contributed by atoms with E-state index in [2.05, 4.69) is 19.2 Å². The summed E-state index contributed by atoms with van der Waals surface area (Å²) in [5, 5.41) is 2.93. The molecule has 2 unspecified atom stereocenters. The smallest absolute Gasteiger partial charge is 0.237 e. The molecule has 0 bridgehead atoms. The van der Waals surface area contributed by atoms with E-state index < -0.39 is 0 Å². The third kappa shape index (κ3) is 5.22. The van der Waals surface area contributed by atoms with Crippen LogP contribution in [0.15, 0.2) is 0 Å². The molecule has 0 aromatic heterocycles. The minimum absolute atomic E-state index is 0.0247. The SMILES string of the molecule is CCC(C)CC(C)NC(=O)[C@@H](N)CC. The van der Waals surface area contributed by atoms with Crippen LogP contribution < -0.4 is 11.1 Å². The van der Waals surface area contributed by atoms with Gasteiger partial charge in [0.15, 0.2) is 0 Å². The van der Waals surface area contributed by atoms with Crippen LogP contribution in [0.5, 0.6) is 0 Å². The number of nitrogens with one attached hydrogen (secondary N) is 1. The summed E-state index contributed by atoms with van der Waals surface area (Å²) in [6, 6.07) is -0.121. The Morgan fingerprint density at radius 3 is 2.29 bits per heavy atom. The second-order valence-corrected chi connectivity index (χ2v) is 4.17. The fraction of sp³-hybridized carbons (Fsp3) is 0.909. The lowest BCUT2D eigenvalue weighted by Crippen LogP contribution is -2.44. The van der Waals surface area contributed by atoms with Gasteiger partial charge in [0.05, 0.1) is 6.04 Å². The zero-order valence-corrected chi connectivity index (χ0v) is 9.84. The second kappa shape index (κ2) is 6.82. The molecule has 0 aliphatic rings. The van der Waals surface area contributed by atoms with Gasteiger partial charge in [0.2, 0.25) is 5.91 Å². The molecular formula is C11H24N2O. The van der Waals surface area contributed by atoms with Gasteiger partial charge in [0.1, 0.15) is 0 Å². The molecule has 0 saturated heterocycles. The summed E-state index contributed by atoms with van der Waals surface area (Å²) in [4.78, 5) is 11.4. The average molecular weight is 200 g/mol. The van der Waals surface area contributed by atoms with Crippen molar-refractivity contribution in [3.8, 4) is 0 Å². The fourth-order valence-corrected chi connectivity index (χ4v) is 1.36. The molecule has 0 spiro atoms. The lowest BCUT2D eigenvalue weighted by Gasteiger charge is -2.19. The van der Waals surface area contributed by atoms with Crippen molar-refractivity contribution in [2.45, 2.75) is 59.0 Å². The van der Waals surface area contributed by atoms with Crippen molar-refractivity contribution in [2.75, 3.05) is 0 Å². The Balaban J connectivity index is 3.82. The molecule has 3 nitrogen and oxygen atoms in total. The molecule has 0 heterocycles. The molecule has 84 valence electrons. The summed E-state index contributed by atoms with van der Waals surface area (Å²) >= 11 is 0. The first kappa shape index (κ1) is 13.4. The van der Waals surface area contributed by atoms with Gasteiger partial charge in [-0.2, -0.15) is 0 Å². The Labute approximate surface area is 87.4 Å². The zero-order valence-electron chi connectivity index (χ0n) is 9.84. The van der Waals surface area contributed by atoms with Crippen LogP contribution in [0.4, 0.5) is 0 Å². The maximum atomic E-state index is 11.4. The maximum absolute atomic E-state index is 11.4. The number of amides is 1. The van der Waals surface area contributed by atoms with Crippen LogP contribution in [0.1, 0.15) is 47.0 Å². The van der Waals surface area contributed by atoms with E-state index in [1.807, 2.05) is 13.8 Å². The van der Waals surface area contributed by atoms with Crippen molar-refractivity contribution in [2.24, 2.45) is 11.7 Å². The van der Waals surface area contributed by atoms with E-state index in [1.54, 1.807) is 0 Å². The number of hydrogen-bond donors (Lipinski definition) is 2. The highest BCUT2D eigenvalue weighted by Crippen LogP contribution is 2.09. The van der Waals surface area contributed by atoms with Gasteiger partial charge in [-0.25, -0.2) is 0 Å². The van der Waals surface area contributed by atoms with Crippen LogP contribution in [-0.2, 0) is 4.79 Å². The molecule has 0 aliphatic heterocycles. The van der Waals surface area contributed by atoms with Gasteiger partial charge in [-0.1, -0.05) is 27.2 Å². The summed E-state index contributed by atoms with van der Waals surface area (Å²) in [7, 11) is 0. The molecule has 3 heteroatoms. The second-order valence-electron chi connectivity index (χ2n) is 4.17. The number of carbonyl (C=O) groups excluding carboxylic acids is 1. The Morgan fingerprint density at radius 1 is 1.29 bits per heavy atom. The first-order valence-electron chi connectivity index (χ1n) is 5.57. The van der Waals surface area contributed by atoms with Gasteiger partial charge in [-0.15, -0.1) is 0 Å². The molecular weight excluding hydrogens is 176 g/mol. The minimum Gasteiger partial charge on any atom is -0.352 e. The molecule has 0 fully saturated rings. The highest BCUT2D eigenvalue weighted by Gasteiger charge is 2.14. The molecule has 3 atom stereocenters. The van der Waals surface area contributed by atoms with E-state index in [-0.39, 0.29) is 18.0 Å². The topological polar surface area (TPSA) is 55.1 Å². The van der Waals surface area contributed by atoms with Crippen molar-refractivity contribution < 1.29 is 4.79 Å². The van der Waals surface area contributed by atoms with E-state index in [9.17, 15) is 4.79 Å². The molecule has 1 amide bonds. The summed E-state index contributed by atoms with van der Waals surface area (Å²) < 4.78 is 0. The summed E-state index contributed by atoms with van der Waals surface area (Å²) in [6.45, 7) is 8.31. The molecule has 0 aliphatic carbocycles. The van der Waals surface area contributed by atoms with Crippen LogP contribution in [0.3, 0.4) is 0 Å². The highest BCUT2D eigenvalue weighted by molar-refractivity contribution is 5.81. The van der Waals surface area contributed by atoms with E-state index in [0.717, 1.165) is 12.8 Å². The number of hydrogen-bond acceptors (Lipinski definition) is 2. The summed E-state index contributed by atoms with van der Waals surface area (Å²) in [6.07, 6.45) is 2.88. The highest BCUT2D eigenvalue weighted by atomic mass is 16.2. The van der Waals surface area contributed by atoms with Gasteiger partial charge in [0.25, 0.3) is 0 Å². The van der Waals surface area contributed by atoms with Crippen LogP contribution >= 0.6 is 0 Å². The van der Waals surface area contributed by atoms with E-state index in [0.29, 0.717) is 12.3 Å². The number of rotatable bonds is 6. The van der Waals surface area contributed by atoms with Crippen molar-refractivity contribution in [3.05, 3.63) is 0 Å². The lowest BCUT2D eigenvalue weighted by molar-refractivity contribution is -0.123. The average Bonchev–Trinajstić information content (AvgIpc) is 2.15. The molecule has 3 N–H and O–H groups in total. The van der Waals surface area contributed by atoms with E-state index in [1.165, 1.54) is 0 Å². The normalized spacial score (nSPS) is 17.2. The van der Waals surface area contributed by atoms with Gasteiger partial charge in [-0.05, 0) is 25.7 Å². The fourth-order valence-electron chi connectivity index (χ4n) is 1.36. The first-order valence-corrected chi connectivity index (χ1v) is 5.57. The standard InChI is InChI=1S/C11H24N2O/c1-5-8(3)7-9(4)13-11(14)10(12)6-2/h8-10H,5-7,12H2,1-4H3,(H,13,14)/t8?,9?,10-/m0/s1. The van der Waals surface area contributed by atoms with Gasteiger partial charge in [-0.3, -0.25) is 4.79 Å². The van der Waals surface area contributed by atoms with Crippen molar-refractivity contribution >= 4 is 5.91 Å².